The predicted molar refractivity (Wildman–Crippen MR) is 94.9 cm³/mol. The number of ether oxygens (including phenoxy) is 1. The number of nitrogens with zero attached hydrogens (tertiary/aromatic N) is 2. The first-order valence-corrected chi connectivity index (χ1v) is 8.88. The molecule has 0 aromatic heterocycles. The SMILES string of the molecule is C[C@H]1CN(C(=O)NCC2(N(C)C)CCOCC2)[C@H]1c1ccccc1. The lowest BCUT2D eigenvalue weighted by atomic mass is 9.85. The lowest BCUT2D eigenvalue weighted by Crippen LogP contribution is -2.60. The van der Waals surface area contributed by atoms with Crippen LogP contribution >= 0.6 is 0 Å². The predicted octanol–water partition coefficient (Wildman–Crippen LogP) is 2.50. The van der Waals surface area contributed by atoms with Gasteiger partial charge in [-0.3, -0.25) is 0 Å². The van der Waals surface area contributed by atoms with Gasteiger partial charge in [-0.1, -0.05) is 37.3 Å². The Balaban J connectivity index is 1.62. The van der Waals surface area contributed by atoms with E-state index in [1.807, 2.05) is 23.1 Å². The van der Waals surface area contributed by atoms with Crippen LogP contribution in [0.1, 0.15) is 31.4 Å². The molecule has 1 aromatic carbocycles. The maximum absolute atomic E-state index is 12.7. The Hall–Kier alpha value is -1.59. The molecule has 5 heteroatoms. The minimum absolute atomic E-state index is 0.00658. The molecule has 1 N–H and O–H groups in total. The lowest BCUT2D eigenvalue weighted by Gasteiger charge is -2.48. The highest BCUT2D eigenvalue weighted by Gasteiger charge is 2.41. The van der Waals surface area contributed by atoms with E-state index >= 15 is 0 Å². The summed E-state index contributed by atoms with van der Waals surface area (Å²) in [6, 6.07) is 10.6. The van der Waals surface area contributed by atoms with E-state index in [1.165, 1.54) is 5.56 Å². The number of hydrogen-bond acceptors (Lipinski definition) is 3. The van der Waals surface area contributed by atoms with Gasteiger partial charge in [0.1, 0.15) is 0 Å². The zero-order chi connectivity index (χ0) is 17.2. The van der Waals surface area contributed by atoms with Gasteiger partial charge < -0.3 is 19.9 Å². The monoisotopic (exact) mass is 331 g/mol. The van der Waals surface area contributed by atoms with Gasteiger partial charge in [0.2, 0.25) is 0 Å². The molecule has 24 heavy (non-hydrogen) atoms. The van der Waals surface area contributed by atoms with Crippen LogP contribution in [-0.4, -0.2) is 61.8 Å². The van der Waals surface area contributed by atoms with Crippen molar-refractivity contribution in [2.45, 2.75) is 31.3 Å². The normalized spacial score (nSPS) is 26.1. The summed E-state index contributed by atoms with van der Waals surface area (Å²) in [5.41, 5.74) is 1.23. The van der Waals surface area contributed by atoms with Gasteiger partial charge in [-0.2, -0.15) is 0 Å². The lowest BCUT2D eigenvalue weighted by molar-refractivity contribution is -0.00815. The second kappa shape index (κ2) is 7.11. The minimum atomic E-state index is 0.00658. The molecule has 2 amide bonds. The zero-order valence-electron chi connectivity index (χ0n) is 15.0. The molecule has 2 aliphatic rings. The van der Waals surface area contributed by atoms with Crippen LogP contribution in [0.3, 0.4) is 0 Å². The van der Waals surface area contributed by atoms with E-state index in [0.717, 1.165) is 32.6 Å². The number of benzene rings is 1. The largest absolute Gasteiger partial charge is 0.381 e. The Kier molecular flexibility index (Phi) is 5.11. The molecule has 2 saturated heterocycles. The van der Waals surface area contributed by atoms with Gasteiger partial charge in [0, 0.05) is 31.8 Å². The summed E-state index contributed by atoms with van der Waals surface area (Å²) in [5.74, 6) is 0.504. The van der Waals surface area contributed by atoms with Gasteiger partial charge in [0.05, 0.1) is 6.04 Å². The van der Waals surface area contributed by atoms with Crippen LogP contribution in [0.15, 0.2) is 30.3 Å². The fraction of sp³-hybridized carbons (Fsp3) is 0.632. The average molecular weight is 331 g/mol. The van der Waals surface area contributed by atoms with Gasteiger partial charge in [0.25, 0.3) is 0 Å². The number of rotatable bonds is 4. The van der Waals surface area contributed by atoms with E-state index in [4.69, 9.17) is 4.74 Å². The number of amides is 2. The number of nitrogens with one attached hydrogen (secondary N) is 1. The summed E-state index contributed by atoms with van der Waals surface area (Å²) < 4.78 is 5.50. The van der Waals surface area contributed by atoms with Crippen molar-refractivity contribution in [1.82, 2.24) is 15.1 Å². The number of carbonyl (C=O) groups excluding carboxylic acids is 1. The van der Waals surface area contributed by atoms with Crippen LogP contribution in [0.4, 0.5) is 4.79 Å². The third kappa shape index (κ3) is 3.28. The molecule has 132 valence electrons. The summed E-state index contributed by atoms with van der Waals surface area (Å²) in [7, 11) is 4.19. The number of likely N-dealkylation sites (N-methyl/N-ethyl adjacent to an activating group) is 1. The van der Waals surface area contributed by atoms with Crippen molar-refractivity contribution in [3.05, 3.63) is 35.9 Å². The molecule has 0 bridgehead atoms. The Bertz CT molecular complexity index is 555. The first kappa shape index (κ1) is 17.2. The van der Waals surface area contributed by atoms with Crippen LogP contribution in [0.2, 0.25) is 0 Å². The fourth-order valence-corrected chi connectivity index (χ4v) is 3.94. The molecule has 2 aliphatic heterocycles. The molecule has 2 heterocycles. The van der Waals surface area contributed by atoms with Crippen LogP contribution in [-0.2, 0) is 4.74 Å². The second-order valence-electron chi connectivity index (χ2n) is 7.38. The van der Waals surface area contributed by atoms with Crippen LogP contribution in [0, 0.1) is 5.92 Å². The summed E-state index contributed by atoms with van der Waals surface area (Å²) >= 11 is 0. The van der Waals surface area contributed by atoms with Crippen molar-refractivity contribution in [3.8, 4) is 0 Å². The van der Waals surface area contributed by atoms with E-state index in [-0.39, 0.29) is 17.6 Å². The molecule has 0 saturated carbocycles. The molecule has 0 unspecified atom stereocenters. The molecule has 2 atom stereocenters. The third-order valence-electron chi connectivity index (χ3n) is 5.70. The minimum Gasteiger partial charge on any atom is -0.381 e. The highest BCUT2D eigenvalue weighted by Crippen LogP contribution is 2.38. The van der Waals surface area contributed by atoms with Gasteiger partial charge in [-0.15, -0.1) is 0 Å². The first-order chi connectivity index (χ1) is 11.5. The van der Waals surface area contributed by atoms with E-state index in [0.29, 0.717) is 12.5 Å². The zero-order valence-corrected chi connectivity index (χ0v) is 15.0. The first-order valence-electron chi connectivity index (χ1n) is 8.88. The summed E-state index contributed by atoms with van der Waals surface area (Å²) in [5, 5.41) is 3.19. The van der Waals surface area contributed by atoms with E-state index in [2.05, 4.69) is 43.4 Å². The summed E-state index contributed by atoms with van der Waals surface area (Å²) in [4.78, 5) is 16.9. The number of likely N-dealkylation sites (tertiary alicyclic amines) is 1. The molecule has 2 fully saturated rings. The van der Waals surface area contributed by atoms with Crippen LogP contribution in [0.25, 0.3) is 0 Å². The average Bonchev–Trinajstić information content (AvgIpc) is 2.59. The van der Waals surface area contributed by atoms with Crippen molar-refractivity contribution in [1.29, 1.82) is 0 Å². The number of urea groups is 1. The van der Waals surface area contributed by atoms with Gasteiger partial charge >= 0.3 is 6.03 Å². The molecule has 0 aliphatic carbocycles. The van der Waals surface area contributed by atoms with Crippen molar-refractivity contribution < 1.29 is 9.53 Å². The maximum atomic E-state index is 12.7. The Morgan fingerprint density at radius 1 is 1.29 bits per heavy atom. The molecule has 5 nitrogen and oxygen atoms in total. The van der Waals surface area contributed by atoms with Gasteiger partial charge in [0.15, 0.2) is 0 Å². The molecule has 1 aromatic rings. The van der Waals surface area contributed by atoms with E-state index in [1.54, 1.807) is 0 Å². The summed E-state index contributed by atoms with van der Waals surface area (Å²) in [6.45, 7) is 5.24. The molecular formula is C19H29N3O2. The highest BCUT2D eigenvalue weighted by molar-refractivity contribution is 5.76. The molecular weight excluding hydrogens is 302 g/mol. The van der Waals surface area contributed by atoms with Crippen molar-refractivity contribution in [2.24, 2.45) is 5.92 Å². The van der Waals surface area contributed by atoms with Crippen LogP contribution < -0.4 is 5.32 Å². The Morgan fingerprint density at radius 3 is 2.54 bits per heavy atom. The van der Waals surface area contributed by atoms with E-state index < -0.39 is 0 Å². The van der Waals surface area contributed by atoms with Gasteiger partial charge in [-0.25, -0.2) is 4.79 Å². The van der Waals surface area contributed by atoms with Crippen LogP contribution in [0.5, 0.6) is 0 Å². The third-order valence-corrected chi connectivity index (χ3v) is 5.70. The number of carbonyl (C=O) groups is 1. The highest BCUT2D eigenvalue weighted by atomic mass is 16.5. The van der Waals surface area contributed by atoms with Crippen molar-refractivity contribution in [2.75, 3.05) is 40.4 Å². The molecule has 3 rings (SSSR count). The Morgan fingerprint density at radius 2 is 1.96 bits per heavy atom. The maximum Gasteiger partial charge on any atom is 0.318 e. The second-order valence-corrected chi connectivity index (χ2v) is 7.38. The molecule has 0 spiro atoms. The topological polar surface area (TPSA) is 44.8 Å². The van der Waals surface area contributed by atoms with Crippen molar-refractivity contribution >= 4 is 6.03 Å². The van der Waals surface area contributed by atoms with Crippen molar-refractivity contribution in [3.63, 3.8) is 0 Å². The quantitative estimate of drug-likeness (QED) is 0.922. The fourth-order valence-electron chi connectivity index (χ4n) is 3.94. The molecule has 0 radical (unpaired) electrons. The standard InChI is InChI=1S/C19H29N3O2/c1-15-13-22(17(15)16-7-5-4-6-8-16)18(23)20-14-19(21(2)3)9-11-24-12-10-19/h4-8,15,17H,9-14H2,1-3H3,(H,20,23)/t15-,17+/m0/s1. The van der Waals surface area contributed by atoms with E-state index in [9.17, 15) is 4.79 Å². The number of hydrogen-bond donors (Lipinski definition) is 1. The smallest absolute Gasteiger partial charge is 0.318 e. The Labute approximate surface area is 145 Å². The summed E-state index contributed by atoms with van der Waals surface area (Å²) in [6.07, 6.45) is 1.91. The van der Waals surface area contributed by atoms with Gasteiger partial charge in [-0.05, 0) is 38.4 Å².